The number of methoxy groups -OCH3 is 1. The molecule has 2 rings (SSSR count). The molecule has 0 spiro atoms. The van der Waals surface area contributed by atoms with Gasteiger partial charge in [0.25, 0.3) is 0 Å². The number of benzene rings is 1. The van der Waals surface area contributed by atoms with Crippen molar-refractivity contribution in [3.05, 3.63) is 29.8 Å². The van der Waals surface area contributed by atoms with Crippen molar-refractivity contribution in [1.29, 1.82) is 0 Å². The SMILES string of the molecule is COc1ccccc1C1CC(NC(C)C)C1. The lowest BCUT2D eigenvalue weighted by Gasteiger charge is -2.38. The monoisotopic (exact) mass is 219 g/mol. The molecule has 0 radical (unpaired) electrons. The quantitative estimate of drug-likeness (QED) is 0.840. The Morgan fingerprint density at radius 3 is 2.56 bits per heavy atom. The number of para-hydroxylation sites is 1. The molecule has 0 atom stereocenters. The molecule has 0 bridgehead atoms. The molecule has 0 aromatic heterocycles. The Hall–Kier alpha value is -1.02. The maximum absolute atomic E-state index is 5.40. The van der Waals surface area contributed by atoms with Crippen LogP contribution in [0, 0.1) is 0 Å². The minimum atomic E-state index is 0.587. The first-order valence-electron chi connectivity index (χ1n) is 6.09. The average Bonchev–Trinajstić information content (AvgIpc) is 2.22. The highest BCUT2D eigenvalue weighted by atomic mass is 16.5. The standard InChI is InChI=1S/C14H21NO/c1-10(2)15-12-8-11(9-12)13-6-4-5-7-14(13)16-3/h4-7,10-12,15H,8-9H2,1-3H3. The predicted octanol–water partition coefficient (Wildman–Crippen LogP) is 2.94. The Bertz CT molecular complexity index is 342. The van der Waals surface area contributed by atoms with E-state index in [2.05, 4.69) is 37.4 Å². The van der Waals surface area contributed by atoms with E-state index in [0.29, 0.717) is 18.0 Å². The van der Waals surface area contributed by atoms with Gasteiger partial charge in [-0.3, -0.25) is 0 Å². The van der Waals surface area contributed by atoms with Gasteiger partial charge in [0.1, 0.15) is 5.75 Å². The fourth-order valence-corrected chi connectivity index (χ4v) is 2.48. The van der Waals surface area contributed by atoms with E-state index in [1.165, 1.54) is 18.4 Å². The van der Waals surface area contributed by atoms with Crippen LogP contribution in [0.25, 0.3) is 0 Å². The van der Waals surface area contributed by atoms with Crippen LogP contribution in [-0.2, 0) is 0 Å². The van der Waals surface area contributed by atoms with Crippen LogP contribution in [-0.4, -0.2) is 19.2 Å². The first-order chi connectivity index (χ1) is 7.70. The van der Waals surface area contributed by atoms with Crippen molar-refractivity contribution in [3.8, 4) is 5.75 Å². The maximum Gasteiger partial charge on any atom is 0.122 e. The van der Waals surface area contributed by atoms with Crippen molar-refractivity contribution in [1.82, 2.24) is 5.32 Å². The van der Waals surface area contributed by atoms with Gasteiger partial charge in [-0.25, -0.2) is 0 Å². The van der Waals surface area contributed by atoms with Crippen LogP contribution in [0.1, 0.15) is 38.2 Å². The van der Waals surface area contributed by atoms with Gasteiger partial charge in [0.05, 0.1) is 7.11 Å². The first kappa shape index (κ1) is 11.5. The molecule has 88 valence electrons. The molecule has 2 nitrogen and oxygen atoms in total. The normalized spacial score (nSPS) is 24.2. The van der Waals surface area contributed by atoms with E-state index in [4.69, 9.17) is 4.74 Å². The molecule has 1 aliphatic rings. The lowest BCUT2D eigenvalue weighted by atomic mass is 9.75. The van der Waals surface area contributed by atoms with Crippen molar-refractivity contribution in [2.24, 2.45) is 0 Å². The lowest BCUT2D eigenvalue weighted by Crippen LogP contribution is -2.43. The molecule has 2 heteroatoms. The van der Waals surface area contributed by atoms with Crippen LogP contribution in [0.5, 0.6) is 5.75 Å². The van der Waals surface area contributed by atoms with Crippen molar-refractivity contribution in [3.63, 3.8) is 0 Å². The smallest absolute Gasteiger partial charge is 0.122 e. The molecule has 0 unspecified atom stereocenters. The summed E-state index contributed by atoms with van der Waals surface area (Å²) in [5.74, 6) is 1.71. The van der Waals surface area contributed by atoms with Crippen molar-refractivity contribution in [2.45, 2.75) is 44.7 Å². The predicted molar refractivity (Wildman–Crippen MR) is 67.0 cm³/mol. The summed E-state index contributed by atoms with van der Waals surface area (Å²) in [6, 6.07) is 9.65. The van der Waals surface area contributed by atoms with Crippen LogP contribution in [0.4, 0.5) is 0 Å². The Morgan fingerprint density at radius 2 is 1.94 bits per heavy atom. The van der Waals surface area contributed by atoms with Crippen LogP contribution in [0.2, 0.25) is 0 Å². The van der Waals surface area contributed by atoms with E-state index in [-0.39, 0.29) is 0 Å². The summed E-state index contributed by atoms with van der Waals surface area (Å²) < 4.78 is 5.40. The molecule has 1 N–H and O–H groups in total. The van der Waals surface area contributed by atoms with E-state index in [9.17, 15) is 0 Å². The highest BCUT2D eigenvalue weighted by molar-refractivity contribution is 5.37. The van der Waals surface area contributed by atoms with E-state index < -0.39 is 0 Å². The molecule has 1 fully saturated rings. The van der Waals surface area contributed by atoms with Gasteiger partial charge in [-0.05, 0) is 30.4 Å². The van der Waals surface area contributed by atoms with Gasteiger partial charge in [-0.15, -0.1) is 0 Å². The highest BCUT2D eigenvalue weighted by Crippen LogP contribution is 2.40. The van der Waals surface area contributed by atoms with Crippen molar-refractivity contribution in [2.75, 3.05) is 7.11 Å². The first-order valence-corrected chi connectivity index (χ1v) is 6.09. The molecular formula is C14H21NO. The maximum atomic E-state index is 5.40. The zero-order chi connectivity index (χ0) is 11.5. The Morgan fingerprint density at radius 1 is 1.25 bits per heavy atom. The van der Waals surface area contributed by atoms with Gasteiger partial charge in [0, 0.05) is 12.1 Å². The summed E-state index contributed by atoms with van der Waals surface area (Å²) in [4.78, 5) is 0. The average molecular weight is 219 g/mol. The molecule has 1 aromatic carbocycles. The van der Waals surface area contributed by atoms with Gasteiger partial charge in [-0.1, -0.05) is 32.0 Å². The minimum absolute atomic E-state index is 0.587. The summed E-state index contributed by atoms with van der Waals surface area (Å²) in [6.07, 6.45) is 2.47. The van der Waals surface area contributed by atoms with E-state index >= 15 is 0 Å². The third kappa shape index (κ3) is 2.38. The molecule has 0 heterocycles. The Kier molecular flexibility index (Phi) is 3.49. The Labute approximate surface area is 98.0 Å². The highest BCUT2D eigenvalue weighted by Gasteiger charge is 2.31. The third-order valence-corrected chi connectivity index (χ3v) is 3.29. The number of rotatable bonds is 4. The van der Waals surface area contributed by atoms with Gasteiger partial charge >= 0.3 is 0 Å². The summed E-state index contributed by atoms with van der Waals surface area (Å²) in [7, 11) is 1.75. The topological polar surface area (TPSA) is 21.3 Å². The van der Waals surface area contributed by atoms with E-state index in [1.54, 1.807) is 7.11 Å². The Balaban J connectivity index is 1.96. The van der Waals surface area contributed by atoms with Gasteiger partial charge in [0.2, 0.25) is 0 Å². The van der Waals surface area contributed by atoms with Gasteiger partial charge in [0.15, 0.2) is 0 Å². The molecule has 0 amide bonds. The molecule has 1 aromatic rings. The summed E-state index contributed by atoms with van der Waals surface area (Å²) >= 11 is 0. The number of nitrogens with one attached hydrogen (secondary N) is 1. The van der Waals surface area contributed by atoms with Crippen LogP contribution in [0.15, 0.2) is 24.3 Å². The van der Waals surface area contributed by atoms with Crippen molar-refractivity contribution < 1.29 is 4.74 Å². The molecule has 1 aliphatic carbocycles. The molecule has 16 heavy (non-hydrogen) atoms. The van der Waals surface area contributed by atoms with Crippen LogP contribution in [0.3, 0.4) is 0 Å². The second-order valence-electron chi connectivity index (χ2n) is 4.93. The summed E-state index contributed by atoms with van der Waals surface area (Å²) in [5, 5.41) is 3.58. The fraction of sp³-hybridized carbons (Fsp3) is 0.571. The number of hydrogen-bond donors (Lipinski definition) is 1. The van der Waals surface area contributed by atoms with Crippen LogP contribution < -0.4 is 10.1 Å². The van der Waals surface area contributed by atoms with Gasteiger partial charge in [-0.2, -0.15) is 0 Å². The number of ether oxygens (including phenoxy) is 1. The third-order valence-electron chi connectivity index (χ3n) is 3.29. The second kappa shape index (κ2) is 4.88. The van der Waals surface area contributed by atoms with Crippen molar-refractivity contribution >= 4 is 0 Å². The zero-order valence-electron chi connectivity index (χ0n) is 10.4. The lowest BCUT2D eigenvalue weighted by molar-refractivity contribution is 0.269. The zero-order valence-corrected chi connectivity index (χ0v) is 10.4. The molecule has 0 aliphatic heterocycles. The van der Waals surface area contributed by atoms with E-state index in [1.807, 2.05) is 6.07 Å². The number of hydrogen-bond acceptors (Lipinski definition) is 2. The van der Waals surface area contributed by atoms with Crippen LogP contribution >= 0.6 is 0 Å². The molecular weight excluding hydrogens is 198 g/mol. The summed E-state index contributed by atoms with van der Waals surface area (Å²) in [6.45, 7) is 4.41. The fourth-order valence-electron chi connectivity index (χ4n) is 2.48. The minimum Gasteiger partial charge on any atom is -0.496 e. The second-order valence-corrected chi connectivity index (χ2v) is 4.93. The largest absolute Gasteiger partial charge is 0.496 e. The van der Waals surface area contributed by atoms with Gasteiger partial charge < -0.3 is 10.1 Å². The molecule has 0 saturated heterocycles. The molecule has 1 saturated carbocycles. The summed E-state index contributed by atoms with van der Waals surface area (Å²) in [5.41, 5.74) is 1.37. The van der Waals surface area contributed by atoms with E-state index in [0.717, 1.165) is 5.75 Å².